The van der Waals surface area contributed by atoms with Crippen LogP contribution in [0.4, 0.5) is 13.2 Å². The molecule has 0 aromatic carbocycles. The van der Waals surface area contributed by atoms with Crippen LogP contribution in [-0.4, -0.2) is 49.1 Å². The Hall–Kier alpha value is -1.04. The van der Waals surface area contributed by atoms with E-state index in [1.807, 2.05) is 6.92 Å². The average Bonchev–Trinajstić information content (AvgIpc) is 2.24. The van der Waals surface area contributed by atoms with Gasteiger partial charge in [0, 0.05) is 19.2 Å². The zero-order chi connectivity index (χ0) is 14.3. The van der Waals surface area contributed by atoms with Crippen LogP contribution in [-0.2, 0) is 4.79 Å². The van der Waals surface area contributed by atoms with Crippen molar-refractivity contribution in [2.75, 3.05) is 27.2 Å². The number of amides is 1. The van der Waals surface area contributed by atoms with E-state index in [1.54, 1.807) is 7.05 Å². The summed E-state index contributed by atoms with van der Waals surface area (Å²) in [6.45, 7) is 4.93. The third kappa shape index (κ3) is 7.32. The standard InChI is InChI=1S/C12H21F3N2O/c1-5-10(2)17(4)11(18)7-6-8-16(3)9-12(13,14)15/h2,5-9H2,1,3-4H3. The van der Waals surface area contributed by atoms with Crippen LogP contribution in [0.3, 0.4) is 0 Å². The second-order valence-corrected chi connectivity index (χ2v) is 4.33. The number of hydrogen-bond acceptors (Lipinski definition) is 2. The molecule has 0 saturated carbocycles. The van der Waals surface area contributed by atoms with Crippen LogP contribution in [0.5, 0.6) is 0 Å². The van der Waals surface area contributed by atoms with Gasteiger partial charge in [0.05, 0.1) is 6.54 Å². The predicted molar refractivity (Wildman–Crippen MR) is 65.0 cm³/mol. The second-order valence-electron chi connectivity index (χ2n) is 4.33. The Bertz CT molecular complexity index is 290. The molecule has 0 unspecified atom stereocenters. The molecule has 3 nitrogen and oxygen atoms in total. The van der Waals surface area contributed by atoms with Crippen LogP contribution in [0.25, 0.3) is 0 Å². The second kappa shape index (κ2) is 7.41. The van der Waals surface area contributed by atoms with Gasteiger partial charge in [-0.25, -0.2) is 0 Å². The Kier molecular flexibility index (Phi) is 6.98. The van der Waals surface area contributed by atoms with Gasteiger partial charge in [-0.3, -0.25) is 9.69 Å². The van der Waals surface area contributed by atoms with Crippen LogP contribution in [0.2, 0.25) is 0 Å². The van der Waals surface area contributed by atoms with Crippen molar-refractivity contribution in [2.45, 2.75) is 32.4 Å². The fourth-order valence-electron chi connectivity index (χ4n) is 1.47. The zero-order valence-corrected chi connectivity index (χ0v) is 11.2. The minimum atomic E-state index is -4.19. The summed E-state index contributed by atoms with van der Waals surface area (Å²) in [7, 11) is 3.03. The molecule has 0 spiro atoms. The first-order chi connectivity index (χ1) is 8.17. The summed E-state index contributed by atoms with van der Waals surface area (Å²) in [6.07, 6.45) is -2.87. The lowest BCUT2D eigenvalue weighted by Crippen LogP contribution is -2.32. The molecule has 18 heavy (non-hydrogen) atoms. The third-order valence-electron chi connectivity index (χ3n) is 2.64. The molecule has 0 aliphatic carbocycles. The highest BCUT2D eigenvalue weighted by Gasteiger charge is 2.28. The van der Waals surface area contributed by atoms with Gasteiger partial charge in [-0.05, 0) is 26.4 Å². The van der Waals surface area contributed by atoms with Gasteiger partial charge < -0.3 is 4.90 Å². The number of alkyl halides is 3. The lowest BCUT2D eigenvalue weighted by atomic mass is 10.2. The van der Waals surface area contributed by atoms with Crippen LogP contribution >= 0.6 is 0 Å². The van der Waals surface area contributed by atoms with Gasteiger partial charge in [0.2, 0.25) is 5.91 Å². The molecule has 0 rings (SSSR count). The first-order valence-electron chi connectivity index (χ1n) is 5.87. The Labute approximate surface area is 106 Å². The van der Waals surface area contributed by atoms with Crippen LogP contribution in [0.15, 0.2) is 12.3 Å². The molecule has 0 N–H and O–H groups in total. The Morgan fingerprint density at radius 1 is 1.28 bits per heavy atom. The normalized spacial score (nSPS) is 11.7. The van der Waals surface area contributed by atoms with Gasteiger partial charge in [-0.15, -0.1) is 0 Å². The quantitative estimate of drug-likeness (QED) is 0.707. The van der Waals surface area contributed by atoms with Gasteiger partial charge in [0.1, 0.15) is 0 Å². The fraction of sp³-hybridized carbons (Fsp3) is 0.750. The van der Waals surface area contributed by atoms with Crippen LogP contribution < -0.4 is 0 Å². The Morgan fingerprint density at radius 3 is 2.28 bits per heavy atom. The van der Waals surface area contributed by atoms with E-state index in [0.29, 0.717) is 18.5 Å². The minimum absolute atomic E-state index is 0.109. The highest BCUT2D eigenvalue weighted by molar-refractivity contribution is 5.77. The molecular weight excluding hydrogens is 245 g/mol. The van der Waals surface area contributed by atoms with E-state index in [4.69, 9.17) is 0 Å². The van der Waals surface area contributed by atoms with Gasteiger partial charge in [-0.1, -0.05) is 13.5 Å². The van der Waals surface area contributed by atoms with Crippen molar-refractivity contribution < 1.29 is 18.0 Å². The van der Waals surface area contributed by atoms with Gasteiger partial charge in [-0.2, -0.15) is 13.2 Å². The number of carbonyl (C=O) groups is 1. The highest BCUT2D eigenvalue weighted by atomic mass is 19.4. The largest absolute Gasteiger partial charge is 0.401 e. The molecule has 0 bridgehead atoms. The monoisotopic (exact) mass is 266 g/mol. The van der Waals surface area contributed by atoms with Crippen molar-refractivity contribution in [3.05, 3.63) is 12.3 Å². The molecule has 0 aliphatic heterocycles. The molecule has 0 aromatic heterocycles. The first-order valence-corrected chi connectivity index (χ1v) is 5.87. The highest BCUT2D eigenvalue weighted by Crippen LogP contribution is 2.15. The maximum atomic E-state index is 12.0. The first kappa shape index (κ1) is 17.0. The van der Waals surface area contributed by atoms with Crippen LogP contribution in [0, 0.1) is 0 Å². The smallest absolute Gasteiger partial charge is 0.320 e. The minimum Gasteiger partial charge on any atom is -0.320 e. The number of hydrogen-bond donors (Lipinski definition) is 0. The van der Waals surface area contributed by atoms with E-state index < -0.39 is 12.7 Å². The summed E-state index contributed by atoms with van der Waals surface area (Å²) in [5, 5.41) is 0. The summed E-state index contributed by atoms with van der Waals surface area (Å²) in [5.74, 6) is -0.109. The van der Waals surface area contributed by atoms with Crippen molar-refractivity contribution in [1.29, 1.82) is 0 Å². The number of halogens is 3. The summed E-state index contributed by atoms with van der Waals surface area (Å²) >= 11 is 0. The molecule has 6 heteroatoms. The number of allylic oxidation sites excluding steroid dienone is 1. The van der Waals surface area contributed by atoms with E-state index in [2.05, 4.69) is 6.58 Å². The Balaban J connectivity index is 3.91. The molecule has 0 heterocycles. The summed E-state index contributed by atoms with van der Waals surface area (Å²) in [4.78, 5) is 14.3. The van der Waals surface area contributed by atoms with Crippen molar-refractivity contribution in [2.24, 2.45) is 0 Å². The van der Waals surface area contributed by atoms with Gasteiger partial charge in [0.15, 0.2) is 0 Å². The van der Waals surface area contributed by atoms with E-state index in [0.717, 1.165) is 0 Å². The molecule has 0 saturated heterocycles. The van der Waals surface area contributed by atoms with Crippen molar-refractivity contribution >= 4 is 5.91 Å². The molecule has 0 fully saturated rings. The molecule has 106 valence electrons. The Morgan fingerprint density at radius 2 is 1.83 bits per heavy atom. The number of nitrogens with zero attached hydrogens (tertiary/aromatic N) is 2. The summed E-state index contributed by atoms with van der Waals surface area (Å²) < 4.78 is 36.1. The molecule has 0 aliphatic rings. The van der Waals surface area contributed by atoms with Crippen LogP contribution in [0.1, 0.15) is 26.2 Å². The summed E-state index contributed by atoms with van der Waals surface area (Å²) in [6, 6.07) is 0. The van der Waals surface area contributed by atoms with Gasteiger partial charge >= 0.3 is 6.18 Å². The van der Waals surface area contributed by atoms with Gasteiger partial charge in [0.25, 0.3) is 0 Å². The average molecular weight is 266 g/mol. The molecule has 0 atom stereocenters. The maximum Gasteiger partial charge on any atom is 0.401 e. The van der Waals surface area contributed by atoms with E-state index in [-0.39, 0.29) is 18.9 Å². The third-order valence-corrected chi connectivity index (χ3v) is 2.64. The molecular formula is C12H21F3N2O. The number of carbonyl (C=O) groups excluding carboxylic acids is 1. The van der Waals surface area contributed by atoms with Crippen molar-refractivity contribution in [1.82, 2.24) is 9.80 Å². The van der Waals surface area contributed by atoms with E-state index in [9.17, 15) is 18.0 Å². The van der Waals surface area contributed by atoms with E-state index in [1.165, 1.54) is 16.8 Å². The molecule has 0 aromatic rings. The maximum absolute atomic E-state index is 12.0. The van der Waals surface area contributed by atoms with Crippen molar-refractivity contribution in [3.8, 4) is 0 Å². The molecule has 1 amide bonds. The summed E-state index contributed by atoms with van der Waals surface area (Å²) in [5.41, 5.74) is 0.712. The lowest BCUT2D eigenvalue weighted by molar-refractivity contribution is -0.143. The lowest BCUT2D eigenvalue weighted by Gasteiger charge is -2.21. The van der Waals surface area contributed by atoms with Crippen molar-refractivity contribution in [3.63, 3.8) is 0 Å². The van der Waals surface area contributed by atoms with E-state index >= 15 is 0 Å². The SMILES string of the molecule is C=C(CC)N(C)C(=O)CCCN(C)CC(F)(F)F. The number of rotatable bonds is 7. The topological polar surface area (TPSA) is 23.6 Å². The fourth-order valence-corrected chi connectivity index (χ4v) is 1.47. The zero-order valence-electron chi connectivity index (χ0n) is 11.2. The molecule has 0 radical (unpaired) electrons. The predicted octanol–water partition coefficient (Wildman–Crippen LogP) is 2.64.